The molecule has 1 aliphatic heterocycles. The molecule has 1 aliphatic carbocycles. The van der Waals surface area contributed by atoms with Crippen LogP contribution in [0.25, 0.3) is 0 Å². The quantitative estimate of drug-likeness (QED) is 0.555. The molecule has 2 heteroatoms. The molecule has 0 amide bonds. The molecule has 130 valence electrons. The highest BCUT2D eigenvalue weighted by Crippen LogP contribution is 2.42. The van der Waals surface area contributed by atoms with Crippen LogP contribution in [0.5, 0.6) is 0 Å². The second kappa shape index (κ2) is 10.0. The van der Waals surface area contributed by atoms with Gasteiger partial charge in [-0.25, -0.2) is 0 Å². The van der Waals surface area contributed by atoms with Gasteiger partial charge in [0, 0.05) is 0 Å². The summed E-state index contributed by atoms with van der Waals surface area (Å²) in [6, 6.07) is 0. The molecular weight excluding hydrogens is 358 g/mol. The number of piperidine rings is 1. The molecule has 2 rings (SSSR count). The van der Waals surface area contributed by atoms with Crippen LogP contribution in [0.15, 0.2) is 71.3 Å². The minimum absolute atomic E-state index is 0.524. The van der Waals surface area contributed by atoms with Gasteiger partial charge in [-0.3, -0.25) is 0 Å². The molecule has 2 aliphatic rings. The van der Waals surface area contributed by atoms with Crippen LogP contribution in [-0.2, 0) is 0 Å². The highest BCUT2D eigenvalue weighted by Gasteiger charge is 2.35. The smallest absolute Gasteiger partial charge is 0.00460 e. The van der Waals surface area contributed by atoms with Gasteiger partial charge >= 0.3 is 0 Å². The van der Waals surface area contributed by atoms with E-state index in [0.29, 0.717) is 23.7 Å². The molecule has 0 spiro atoms. The molecule has 0 aromatic heterocycles. The predicted octanol–water partition coefficient (Wildman–Crippen LogP) is 5.95. The molecule has 1 N–H and O–H groups in total. The lowest BCUT2D eigenvalue weighted by Crippen LogP contribution is -2.37. The van der Waals surface area contributed by atoms with Crippen molar-refractivity contribution in [3.8, 4) is 0 Å². The normalized spacial score (nSPS) is 27.6. The molecule has 0 saturated carbocycles. The van der Waals surface area contributed by atoms with Crippen LogP contribution < -0.4 is 5.32 Å². The van der Waals surface area contributed by atoms with Gasteiger partial charge in [0.2, 0.25) is 0 Å². The first-order valence-corrected chi connectivity index (χ1v) is 9.96. The van der Waals surface area contributed by atoms with Gasteiger partial charge in [-0.1, -0.05) is 72.0 Å². The predicted molar refractivity (Wildman–Crippen MR) is 110 cm³/mol. The van der Waals surface area contributed by atoms with Gasteiger partial charge in [-0.2, -0.15) is 0 Å². The highest BCUT2D eigenvalue weighted by molar-refractivity contribution is 9.11. The first-order valence-electron chi connectivity index (χ1n) is 9.04. The highest BCUT2D eigenvalue weighted by atomic mass is 79.9. The van der Waals surface area contributed by atoms with Crippen LogP contribution in [-0.4, -0.2) is 13.1 Å². The zero-order chi connectivity index (χ0) is 17.4. The molecule has 1 nitrogen and oxygen atoms in total. The monoisotopic (exact) mass is 387 g/mol. The van der Waals surface area contributed by atoms with Crippen molar-refractivity contribution in [3.63, 3.8) is 0 Å². The zero-order valence-electron chi connectivity index (χ0n) is 14.9. The molecule has 0 aromatic carbocycles. The van der Waals surface area contributed by atoms with Crippen molar-refractivity contribution in [1.82, 2.24) is 5.32 Å². The standard InChI is InChI=1S/C22H30BrN/c1-4-8-21(18(5-2)11-14-23)22(19-12-15-24-16-13-19)20-10-7-6-9-17(20)3/h4-11,14,17,19-20,22,24H,1,12-13,15-16H2,2-3H3/b14-11+,18-5-,21-8+. The number of rotatable bonds is 6. The average molecular weight is 388 g/mol. The molecule has 0 radical (unpaired) electrons. The van der Waals surface area contributed by atoms with E-state index >= 15 is 0 Å². The Kier molecular flexibility index (Phi) is 8.01. The van der Waals surface area contributed by atoms with Crippen molar-refractivity contribution in [2.24, 2.45) is 23.7 Å². The number of allylic oxidation sites excluding steroid dienone is 10. The van der Waals surface area contributed by atoms with E-state index in [1.807, 2.05) is 11.1 Å². The topological polar surface area (TPSA) is 12.0 Å². The Labute approximate surface area is 156 Å². The number of nitrogens with one attached hydrogen (secondary N) is 1. The van der Waals surface area contributed by atoms with E-state index in [4.69, 9.17) is 0 Å². The molecule has 1 heterocycles. The fourth-order valence-electron chi connectivity index (χ4n) is 4.11. The summed E-state index contributed by atoms with van der Waals surface area (Å²) < 4.78 is 0. The van der Waals surface area contributed by atoms with Crippen LogP contribution in [0.2, 0.25) is 0 Å². The molecule has 1 saturated heterocycles. The Morgan fingerprint density at radius 1 is 1.25 bits per heavy atom. The second-order valence-electron chi connectivity index (χ2n) is 6.71. The van der Waals surface area contributed by atoms with E-state index < -0.39 is 0 Å². The van der Waals surface area contributed by atoms with Crippen molar-refractivity contribution < 1.29 is 0 Å². The summed E-state index contributed by atoms with van der Waals surface area (Å²) >= 11 is 3.45. The number of hydrogen-bond donors (Lipinski definition) is 1. The number of hydrogen-bond acceptors (Lipinski definition) is 1. The van der Waals surface area contributed by atoms with Crippen molar-refractivity contribution in [2.75, 3.05) is 13.1 Å². The van der Waals surface area contributed by atoms with E-state index in [1.165, 1.54) is 24.0 Å². The Morgan fingerprint density at radius 3 is 2.54 bits per heavy atom. The molecule has 24 heavy (non-hydrogen) atoms. The van der Waals surface area contributed by atoms with Crippen LogP contribution in [0.3, 0.4) is 0 Å². The minimum Gasteiger partial charge on any atom is -0.317 e. The Morgan fingerprint density at radius 2 is 1.96 bits per heavy atom. The molecule has 3 unspecified atom stereocenters. The van der Waals surface area contributed by atoms with Crippen molar-refractivity contribution in [2.45, 2.75) is 26.7 Å². The van der Waals surface area contributed by atoms with E-state index in [9.17, 15) is 0 Å². The Bertz CT molecular complexity index is 559. The molecular formula is C22H30BrN. The second-order valence-corrected chi connectivity index (χ2v) is 7.24. The van der Waals surface area contributed by atoms with Gasteiger partial charge in [-0.05, 0) is 78.7 Å². The summed E-state index contributed by atoms with van der Waals surface area (Å²) in [5, 5.41) is 3.52. The van der Waals surface area contributed by atoms with Crippen LogP contribution >= 0.6 is 15.9 Å². The maximum absolute atomic E-state index is 3.99. The average Bonchev–Trinajstić information content (AvgIpc) is 2.62. The fourth-order valence-corrected chi connectivity index (χ4v) is 4.40. The molecule has 0 bridgehead atoms. The third-order valence-electron chi connectivity index (χ3n) is 5.32. The van der Waals surface area contributed by atoms with Crippen molar-refractivity contribution >= 4 is 15.9 Å². The minimum atomic E-state index is 0.524. The first kappa shape index (κ1) is 19.2. The van der Waals surface area contributed by atoms with Crippen LogP contribution in [0.1, 0.15) is 26.7 Å². The van der Waals surface area contributed by atoms with E-state index in [2.05, 4.69) is 84.2 Å². The zero-order valence-corrected chi connectivity index (χ0v) is 16.5. The van der Waals surface area contributed by atoms with Gasteiger partial charge in [0.05, 0.1) is 0 Å². The fraction of sp³-hybridized carbons (Fsp3) is 0.455. The van der Waals surface area contributed by atoms with Gasteiger partial charge in [-0.15, -0.1) is 0 Å². The summed E-state index contributed by atoms with van der Waals surface area (Å²) in [7, 11) is 0. The third kappa shape index (κ3) is 4.70. The van der Waals surface area contributed by atoms with E-state index in [1.54, 1.807) is 0 Å². The largest absolute Gasteiger partial charge is 0.317 e. The van der Waals surface area contributed by atoms with Crippen molar-refractivity contribution in [1.29, 1.82) is 0 Å². The first-order chi connectivity index (χ1) is 11.7. The Balaban J connectivity index is 2.45. The van der Waals surface area contributed by atoms with Gasteiger partial charge in [0.15, 0.2) is 0 Å². The Hall–Kier alpha value is -1.12. The summed E-state index contributed by atoms with van der Waals surface area (Å²) in [5.41, 5.74) is 2.72. The molecule has 0 aromatic rings. The summed E-state index contributed by atoms with van der Waals surface area (Å²) in [6.45, 7) is 10.7. The lowest BCUT2D eigenvalue weighted by Gasteiger charge is -2.39. The lowest BCUT2D eigenvalue weighted by molar-refractivity contribution is 0.220. The van der Waals surface area contributed by atoms with Crippen LogP contribution in [0.4, 0.5) is 0 Å². The van der Waals surface area contributed by atoms with Crippen molar-refractivity contribution in [3.05, 3.63) is 71.3 Å². The van der Waals surface area contributed by atoms with E-state index in [-0.39, 0.29) is 0 Å². The maximum atomic E-state index is 3.99. The summed E-state index contributed by atoms with van der Waals surface area (Å²) in [5.74, 6) is 2.34. The summed E-state index contributed by atoms with van der Waals surface area (Å²) in [6.07, 6.45) is 20.2. The molecule has 1 fully saturated rings. The number of halogens is 1. The van der Waals surface area contributed by atoms with E-state index in [0.717, 1.165) is 13.1 Å². The summed E-state index contributed by atoms with van der Waals surface area (Å²) in [4.78, 5) is 1.96. The SMILES string of the molecule is C=C\C=C(C(=C\C)/C=C/Br)\C(C1CCNCC1)C1C=CC=CC1C. The maximum Gasteiger partial charge on any atom is -0.00460 e. The van der Waals surface area contributed by atoms with Gasteiger partial charge in [0.1, 0.15) is 0 Å². The van der Waals surface area contributed by atoms with Gasteiger partial charge in [0.25, 0.3) is 0 Å². The lowest BCUT2D eigenvalue weighted by atomic mass is 9.66. The van der Waals surface area contributed by atoms with Crippen LogP contribution in [0, 0.1) is 23.7 Å². The molecule has 3 atom stereocenters. The third-order valence-corrected chi connectivity index (χ3v) is 5.58. The van der Waals surface area contributed by atoms with Gasteiger partial charge < -0.3 is 5.32 Å².